The third-order valence-corrected chi connectivity index (χ3v) is 2.71. The SMILES string of the molecule is Cc1c(N)nc(C(C)(C)C)nc1NC(C)(C)CO. The van der Waals surface area contributed by atoms with Crippen LogP contribution in [0.3, 0.4) is 0 Å². The van der Waals surface area contributed by atoms with E-state index < -0.39 is 5.54 Å². The Morgan fingerprint density at radius 2 is 1.72 bits per heavy atom. The van der Waals surface area contributed by atoms with Gasteiger partial charge in [0, 0.05) is 11.0 Å². The minimum atomic E-state index is -0.444. The van der Waals surface area contributed by atoms with Crippen molar-refractivity contribution in [2.45, 2.75) is 52.5 Å². The lowest BCUT2D eigenvalue weighted by Crippen LogP contribution is -2.36. The molecule has 5 heteroatoms. The first-order valence-corrected chi connectivity index (χ1v) is 6.10. The van der Waals surface area contributed by atoms with Crippen molar-refractivity contribution in [1.29, 1.82) is 0 Å². The number of aromatic nitrogens is 2. The summed E-state index contributed by atoms with van der Waals surface area (Å²) in [5.41, 5.74) is 6.13. The molecule has 0 unspecified atom stereocenters. The Morgan fingerprint density at radius 1 is 1.17 bits per heavy atom. The van der Waals surface area contributed by atoms with Gasteiger partial charge in [-0.05, 0) is 20.8 Å². The molecule has 0 bridgehead atoms. The molecule has 102 valence electrons. The number of aliphatic hydroxyl groups excluding tert-OH is 1. The van der Waals surface area contributed by atoms with Crippen LogP contribution < -0.4 is 11.1 Å². The standard InChI is InChI=1S/C13H24N4O/c1-8-9(14)15-11(12(2,3)4)16-10(8)17-13(5,6)7-18/h18H,7H2,1-6H3,(H3,14,15,16,17). The molecule has 0 aromatic carbocycles. The van der Waals surface area contributed by atoms with Crippen LogP contribution in [0, 0.1) is 6.92 Å². The fourth-order valence-corrected chi connectivity index (χ4v) is 1.35. The fourth-order valence-electron chi connectivity index (χ4n) is 1.35. The summed E-state index contributed by atoms with van der Waals surface area (Å²) in [5.74, 6) is 1.86. The van der Waals surface area contributed by atoms with Crippen LogP contribution in [-0.4, -0.2) is 27.2 Å². The maximum absolute atomic E-state index is 9.31. The van der Waals surface area contributed by atoms with Crippen molar-refractivity contribution in [3.8, 4) is 0 Å². The highest BCUT2D eigenvalue weighted by molar-refractivity contribution is 5.56. The van der Waals surface area contributed by atoms with Gasteiger partial charge in [-0.25, -0.2) is 9.97 Å². The van der Waals surface area contributed by atoms with Gasteiger partial charge in [0.25, 0.3) is 0 Å². The third kappa shape index (κ3) is 3.32. The average Bonchev–Trinajstić information content (AvgIpc) is 2.22. The van der Waals surface area contributed by atoms with Crippen LogP contribution in [0.15, 0.2) is 0 Å². The number of anilines is 2. The van der Waals surface area contributed by atoms with Crippen molar-refractivity contribution in [1.82, 2.24) is 9.97 Å². The van der Waals surface area contributed by atoms with Gasteiger partial charge >= 0.3 is 0 Å². The van der Waals surface area contributed by atoms with Gasteiger partial charge in [-0.1, -0.05) is 20.8 Å². The smallest absolute Gasteiger partial charge is 0.138 e. The maximum Gasteiger partial charge on any atom is 0.138 e. The van der Waals surface area contributed by atoms with Gasteiger partial charge in [0.1, 0.15) is 17.5 Å². The molecule has 1 heterocycles. The lowest BCUT2D eigenvalue weighted by molar-refractivity contribution is 0.233. The number of nitrogen functional groups attached to an aromatic ring is 1. The van der Waals surface area contributed by atoms with E-state index in [0.29, 0.717) is 17.5 Å². The zero-order chi connectivity index (χ0) is 14.1. The predicted molar refractivity (Wildman–Crippen MR) is 74.7 cm³/mol. The molecule has 0 atom stereocenters. The second-order valence-electron chi connectivity index (χ2n) is 6.32. The first-order chi connectivity index (χ1) is 8.07. The Balaban J connectivity index is 3.23. The lowest BCUT2D eigenvalue weighted by Gasteiger charge is -2.27. The second kappa shape index (κ2) is 4.72. The molecule has 0 aliphatic heterocycles. The van der Waals surface area contributed by atoms with E-state index >= 15 is 0 Å². The van der Waals surface area contributed by atoms with E-state index in [1.165, 1.54) is 0 Å². The molecule has 0 aliphatic carbocycles. The summed E-state index contributed by atoms with van der Waals surface area (Å²) in [5, 5.41) is 12.5. The molecule has 0 saturated heterocycles. The first kappa shape index (κ1) is 14.7. The summed E-state index contributed by atoms with van der Waals surface area (Å²) in [7, 11) is 0. The maximum atomic E-state index is 9.31. The van der Waals surface area contributed by atoms with Gasteiger partial charge in [-0.15, -0.1) is 0 Å². The lowest BCUT2D eigenvalue weighted by atomic mass is 9.95. The molecular weight excluding hydrogens is 228 g/mol. The molecule has 0 aliphatic rings. The highest BCUT2D eigenvalue weighted by atomic mass is 16.3. The van der Waals surface area contributed by atoms with Gasteiger partial charge in [0.05, 0.1) is 12.1 Å². The molecule has 0 spiro atoms. The van der Waals surface area contributed by atoms with Gasteiger partial charge in [-0.3, -0.25) is 0 Å². The summed E-state index contributed by atoms with van der Waals surface area (Å²) in [6.45, 7) is 11.8. The number of aliphatic hydroxyl groups is 1. The van der Waals surface area contributed by atoms with Crippen molar-refractivity contribution < 1.29 is 5.11 Å². The first-order valence-electron chi connectivity index (χ1n) is 6.10. The van der Waals surface area contributed by atoms with Crippen LogP contribution in [0.2, 0.25) is 0 Å². The number of hydrogen-bond acceptors (Lipinski definition) is 5. The number of nitrogens with zero attached hydrogens (tertiary/aromatic N) is 2. The summed E-state index contributed by atoms with van der Waals surface area (Å²) < 4.78 is 0. The number of hydrogen-bond donors (Lipinski definition) is 3. The van der Waals surface area contributed by atoms with Crippen LogP contribution in [0.5, 0.6) is 0 Å². The Labute approximate surface area is 109 Å². The van der Waals surface area contributed by atoms with Crippen LogP contribution in [0.25, 0.3) is 0 Å². The van der Waals surface area contributed by atoms with Gasteiger partial charge < -0.3 is 16.2 Å². The third-order valence-electron chi connectivity index (χ3n) is 2.71. The predicted octanol–water partition coefficient (Wildman–Crippen LogP) is 1.85. The van der Waals surface area contributed by atoms with Crippen molar-refractivity contribution in [3.63, 3.8) is 0 Å². The highest BCUT2D eigenvalue weighted by Crippen LogP contribution is 2.26. The van der Waals surface area contributed by atoms with E-state index in [-0.39, 0.29) is 12.0 Å². The molecule has 1 rings (SSSR count). The normalized spacial score (nSPS) is 12.6. The quantitative estimate of drug-likeness (QED) is 0.764. The molecule has 0 amide bonds. The topological polar surface area (TPSA) is 84.1 Å². The Morgan fingerprint density at radius 3 is 2.17 bits per heavy atom. The van der Waals surface area contributed by atoms with Crippen molar-refractivity contribution in [2.24, 2.45) is 0 Å². The zero-order valence-electron chi connectivity index (χ0n) is 12.1. The van der Waals surface area contributed by atoms with Crippen LogP contribution in [0.4, 0.5) is 11.6 Å². The largest absolute Gasteiger partial charge is 0.394 e. The molecule has 18 heavy (non-hydrogen) atoms. The molecule has 4 N–H and O–H groups in total. The number of rotatable bonds is 3. The minimum absolute atomic E-state index is 0.0151. The molecule has 0 fully saturated rings. The molecule has 1 aromatic rings. The summed E-state index contributed by atoms with van der Waals surface area (Å²) in [6.07, 6.45) is 0. The highest BCUT2D eigenvalue weighted by Gasteiger charge is 2.23. The van der Waals surface area contributed by atoms with Crippen LogP contribution in [0.1, 0.15) is 46.0 Å². The van der Waals surface area contributed by atoms with E-state index in [9.17, 15) is 5.11 Å². The summed E-state index contributed by atoms with van der Waals surface area (Å²) in [4.78, 5) is 8.85. The van der Waals surface area contributed by atoms with Gasteiger partial charge in [0.2, 0.25) is 0 Å². The van der Waals surface area contributed by atoms with E-state index in [2.05, 4.69) is 15.3 Å². The van der Waals surface area contributed by atoms with Crippen molar-refractivity contribution >= 4 is 11.6 Å². The summed E-state index contributed by atoms with van der Waals surface area (Å²) in [6, 6.07) is 0. The van der Waals surface area contributed by atoms with Gasteiger partial charge in [-0.2, -0.15) is 0 Å². The molecule has 0 saturated carbocycles. The van der Waals surface area contributed by atoms with E-state index in [4.69, 9.17) is 5.73 Å². The van der Waals surface area contributed by atoms with Crippen molar-refractivity contribution in [2.75, 3.05) is 17.7 Å². The Kier molecular flexibility index (Phi) is 3.86. The van der Waals surface area contributed by atoms with Crippen LogP contribution in [-0.2, 0) is 5.41 Å². The minimum Gasteiger partial charge on any atom is -0.394 e. The second-order valence-corrected chi connectivity index (χ2v) is 6.32. The zero-order valence-corrected chi connectivity index (χ0v) is 12.1. The average molecular weight is 252 g/mol. The Bertz CT molecular complexity index is 435. The monoisotopic (exact) mass is 252 g/mol. The number of nitrogens with one attached hydrogen (secondary N) is 1. The molecule has 1 aromatic heterocycles. The van der Waals surface area contributed by atoms with E-state index in [0.717, 1.165) is 5.56 Å². The van der Waals surface area contributed by atoms with E-state index in [1.807, 2.05) is 41.5 Å². The van der Waals surface area contributed by atoms with Crippen molar-refractivity contribution in [3.05, 3.63) is 11.4 Å². The molecule has 0 radical (unpaired) electrons. The fraction of sp³-hybridized carbons (Fsp3) is 0.692. The summed E-state index contributed by atoms with van der Waals surface area (Å²) >= 11 is 0. The molecular formula is C13H24N4O. The molecule has 5 nitrogen and oxygen atoms in total. The van der Waals surface area contributed by atoms with Gasteiger partial charge in [0.15, 0.2) is 0 Å². The van der Waals surface area contributed by atoms with E-state index in [1.54, 1.807) is 0 Å². The number of nitrogens with two attached hydrogens (primary N) is 1. The van der Waals surface area contributed by atoms with Crippen LogP contribution >= 0.6 is 0 Å². The Hall–Kier alpha value is -1.36.